The molecule has 33 heavy (non-hydrogen) atoms. The number of imidazole rings is 1. The number of nitrogens with zero attached hydrogens (tertiary/aromatic N) is 5. The Kier molecular flexibility index (Phi) is 6.23. The summed E-state index contributed by atoms with van der Waals surface area (Å²) in [6.07, 6.45) is 5.29. The molecule has 0 atom stereocenters. The first kappa shape index (κ1) is 22.1. The summed E-state index contributed by atoms with van der Waals surface area (Å²) in [7, 11) is 0. The molecular formula is C24H31FN6OS. The second-order valence-electron chi connectivity index (χ2n) is 9.49. The fraction of sp³-hybridized carbons (Fsp3) is 0.542. The highest BCUT2D eigenvalue weighted by Crippen LogP contribution is 2.35. The van der Waals surface area contributed by atoms with E-state index in [-0.39, 0.29) is 11.7 Å². The number of anilines is 2. The number of amides is 1. The molecule has 2 aliphatic rings. The Bertz CT molecular complexity index is 1130. The second-order valence-corrected chi connectivity index (χ2v) is 10.4. The number of halogens is 1. The third kappa shape index (κ3) is 4.69. The Morgan fingerprint density at radius 2 is 1.97 bits per heavy atom. The summed E-state index contributed by atoms with van der Waals surface area (Å²) in [5.74, 6) is 1.19. The molecule has 1 saturated carbocycles. The summed E-state index contributed by atoms with van der Waals surface area (Å²) in [6.45, 7) is 7.12. The highest BCUT2D eigenvalue weighted by molar-refractivity contribution is 7.20. The molecule has 3 heterocycles. The minimum atomic E-state index is -0.269. The maximum atomic E-state index is 13.9. The lowest BCUT2D eigenvalue weighted by molar-refractivity contribution is -0.132. The number of carbonyl (C=O) groups is 1. The molecular weight excluding hydrogens is 439 g/mol. The van der Waals surface area contributed by atoms with E-state index in [1.54, 1.807) is 17.4 Å². The van der Waals surface area contributed by atoms with Crippen LogP contribution in [0.25, 0.3) is 16.2 Å². The van der Waals surface area contributed by atoms with Crippen LogP contribution >= 0.6 is 11.3 Å². The second kappa shape index (κ2) is 9.29. The van der Waals surface area contributed by atoms with Crippen molar-refractivity contribution in [1.82, 2.24) is 19.5 Å². The summed E-state index contributed by atoms with van der Waals surface area (Å²) >= 11 is 1.55. The van der Waals surface area contributed by atoms with Gasteiger partial charge in [0.15, 0.2) is 5.82 Å². The molecule has 1 N–H and O–H groups in total. The summed E-state index contributed by atoms with van der Waals surface area (Å²) in [5, 5.41) is 9.47. The zero-order valence-corrected chi connectivity index (χ0v) is 20.1. The van der Waals surface area contributed by atoms with E-state index >= 15 is 0 Å². The first-order valence-corrected chi connectivity index (χ1v) is 12.7. The van der Waals surface area contributed by atoms with E-state index in [2.05, 4.69) is 24.1 Å². The van der Waals surface area contributed by atoms with E-state index in [9.17, 15) is 9.18 Å². The summed E-state index contributed by atoms with van der Waals surface area (Å²) in [6, 6.07) is 6.98. The Morgan fingerprint density at radius 3 is 2.67 bits per heavy atom. The van der Waals surface area contributed by atoms with Crippen LogP contribution in [0.1, 0.15) is 46.0 Å². The van der Waals surface area contributed by atoms with Gasteiger partial charge >= 0.3 is 0 Å². The van der Waals surface area contributed by atoms with Crippen molar-refractivity contribution in [3.05, 3.63) is 30.1 Å². The van der Waals surface area contributed by atoms with Crippen molar-refractivity contribution in [2.24, 2.45) is 5.92 Å². The zero-order valence-electron chi connectivity index (χ0n) is 19.3. The lowest BCUT2D eigenvalue weighted by Crippen LogP contribution is -2.49. The lowest BCUT2D eigenvalue weighted by Gasteiger charge is -2.34. The average Bonchev–Trinajstić information content (AvgIpc) is 3.51. The van der Waals surface area contributed by atoms with Gasteiger partial charge in [-0.3, -0.25) is 4.79 Å². The van der Waals surface area contributed by atoms with Crippen LogP contribution in [0.3, 0.4) is 0 Å². The summed E-state index contributed by atoms with van der Waals surface area (Å²) in [4.78, 5) is 22.3. The molecule has 0 radical (unpaired) electrons. The van der Waals surface area contributed by atoms with E-state index in [0.29, 0.717) is 18.4 Å². The van der Waals surface area contributed by atoms with Crippen molar-refractivity contribution in [3.8, 4) is 11.3 Å². The zero-order chi connectivity index (χ0) is 22.9. The number of hydrogen-bond acceptors (Lipinski definition) is 6. The Morgan fingerprint density at radius 1 is 1.21 bits per heavy atom. The normalized spacial score (nSPS) is 17.5. The SMILES string of the molecule is CC(C)CC(=O)N1CCN(c2nn3c(NC4CCCC4)c(-c4cccc(F)c4)nc3s2)CC1. The van der Waals surface area contributed by atoms with Crippen LogP contribution in [0.15, 0.2) is 24.3 Å². The number of nitrogens with one attached hydrogen (secondary N) is 1. The Hall–Kier alpha value is -2.68. The number of hydrogen-bond donors (Lipinski definition) is 1. The van der Waals surface area contributed by atoms with E-state index in [4.69, 9.17) is 10.1 Å². The fourth-order valence-electron chi connectivity index (χ4n) is 4.72. The molecule has 1 aliphatic heterocycles. The monoisotopic (exact) mass is 470 g/mol. The molecule has 0 spiro atoms. The van der Waals surface area contributed by atoms with Gasteiger partial charge in [0, 0.05) is 44.2 Å². The fourth-order valence-corrected chi connectivity index (χ4v) is 5.67. The quantitative estimate of drug-likeness (QED) is 0.568. The van der Waals surface area contributed by atoms with E-state index in [0.717, 1.165) is 66.2 Å². The number of carbonyl (C=O) groups excluding carboxylic acids is 1. The Balaban J connectivity index is 1.40. The van der Waals surface area contributed by atoms with Gasteiger partial charge in [-0.25, -0.2) is 9.37 Å². The van der Waals surface area contributed by atoms with E-state index < -0.39 is 0 Å². The molecule has 7 nitrogen and oxygen atoms in total. The number of rotatable bonds is 6. The van der Waals surface area contributed by atoms with Crippen molar-refractivity contribution in [1.29, 1.82) is 0 Å². The number of piperazine rings is 1. The van der Waals surface area contributed by atoms with Gasteiger partial charge in [0.2, 0.25) is 16.0 Å². The minimum absolute atomic E-state index is 0.237. The molecule has 0 bridgehead atoms. The van der Waals surface area contributed by atoms with Gasteiger partial charge in [-0.1, -0.05) is 50.2 Å². The van der Waals surface area contributed by atoms with Gasteiger partial charge < -0.3 is 15.1 Å². The molecule has 3 aromatic rings. The third-order valence-electron chi connectivity index (χ3n) is 6.47. The van der Waals surface area contributed by atoms with Gasteiger partial charge in [0.1, 0.15) is 11.5 Å². The maximum Gasteiger partial charge on any atom is 0.222 e. The molecule has 1 saturated heterocycles. The van der Waals surface area contributed by atoms with Crippen LogP contribution in [0.2, 0.25) is 0 Å². The smallest absolute Gasteiger partial charge is 0.222 e. The van der Waals surface area contributed by atoms with Crippen molar-refractivity contribution < 1.29 is 9.18 Å². The van der Waals surface area contributed by atoms with Crippen molar-refractivity contribution in [2.45, 2.75) is 52.0 Å². The largest absolute Gasteiger partial charge is 0.365 e. The minimum Gasteiger partial charge on any atom is -0.365 e. The molecule has 2 fully saturated rings. The van der Waals surface area contributed by atoms with Crippen LogP contribution in [0, 0.1) is 11.7 Å². The maximum absolute atomic E-state index is 13.9. The molecule has 1 aromatic carbocycles. The number of aromatic nitrogens is 3. The molecule has 2 aromatic heterocycles. The highest BCUT2D eigenvalue weighted by Gasteiger charge is 2.27. The van der Waals surface area contributed by atoms with Gasteiger partial charge in [0.25, 0.3) is 0 Å². The van der Waals surface area contributed by atoms with Crippen molar-refractivity contribution in [3.63, 3.8) is 0 Å². The van der Waals surface area contributed by atoms with Gasteiger partial charge in [-0.2, -0.15) is 4.52 Å². The van der Waals surface area contributed by atoms with Crippen LogP contribution in [-0.4, -0.2) is 57.6 Å². The molecule has 1 amide bonds. The molecule has 176 valence electrons. The summed E-state index contributed by atoms with van der Waals surface area (Å²) < 4.78 is 15.8. The van der Waals surface area contributed by atoms with Gasteiger partial charge in [0.05, 0.1) is 0 Å². The van der Waals surface area contributed by atoms with E-state index in [1.807, 2.05) is 15.5 Å². The highest BCUT2D eigenvalue weighted by atomic mass is 32.1. The molecule has 9 heteroatoms. The first-order chi connectivity index (χ1) is 16.0. The third-order valence-corrected chi connectivity index (χ3v) is 7.44. The Labute approximate surface area is 197 Å². The van der Waals surface area contributed by atoms with Crippen molar-refractivity contribution in [2.75, 3.05) is 36.4 Å². The topological polar surface area (TPSA) is 65.8 Å². The predicted molar refractivity (Wildman–Crippen MR) is 130 cm³/mol. The predicted octanol–water partition coefficient (Wildman–Crippen LogP) is 4.65. The van der Waals surface area contributed by atoms with Gasteiger partial charge in [-0.05, 0) is 30.9 Å². The van der Waals surface area contributed by atoms with Crippen molar-refractivity contribution >= 4 is 33.2 Å². The number of fused-ring (bicyclic) bond motifs is 1. The molecule has 1 aliphatic carbocycles. The van der Waals surface area contributed by atoms with Crippen LogP contribution in [-0.2, 0) is 4.79 Å². The molecule has 0 unspecified atom stereocenters. The average molecular weight is 471 g/mol. The standard InChI is InChI=1S/C24H31FN6OS/c1-16(2)14-20(32)29-10-12-30(13-11-29)24-28-31-22(26-19-8-3-4-9-19)21(27-23(31)33-24)17-6-5-7-18(25)15-17/h5-7,15-16,19,26H,3-4,8-14H2,1-2H3. The lowest BCUT2D eigenvalue weighted by atomic mass is 10.1. The van der Waals surface area contributed by atoms with Gasteiger partial charge in [-0.15, -0.1) is 5.10 Å². The molecule has 5 rings (SSSR count). The van der Waals surface area contributed by atoms with Crippen LogP contribution < -0.4 is 10.2 Å². The summed E-state index contributed by atoms with van der Waals surface area (Å²) in [5.41, 5.74) is 1.50. The van der Waals surface area contributed by atoms with Crippen LogP contribution in [0.5, 0.6) is 0 Å². The van der Waals surface area contributed by atoms with E-state index in [1.165, 1.54) is 25.0 Å². The van der Waals surface area contributed by atoms with Crippen LogP contribution in [0.4, 0.5) is 15.3 Å². The number of benzene rings is 1. The first-order valence-electron chi connectivity index (χ1n) is 11.9.